The first-order valence-electron chi connectivity index (χ1n) is 8.80. The van der Waals surface area contributed by atoms with E-state index in [1.165, 1.54) is 5.56 Å². The molecule has 4 amide bonds. The van der Waals surface area contributed by atoms with Gasteiger partial charge in [-0.3, -0.25) is 34.3 Å². The molecule has 2 heterocycles. The Hall–Kier alpha value is -2.54. The molecule has 1 N–H and O–H groups in total. The third-order valence-electron chi connectivity index (χ3n) is 5.15. The van der Waals surface area contributed by atoms with Crippen LogP contribution in [0.2, 0.25) is 0 Å². The van der Waals surface area contributed by atoms with E-state index < -0.39 is 17.9 Å². The summed E-state index contributed by atoms with van der Waals surface area (Å²) >= 11 is 0. The number of imide groups is 2. The predicted molar refractivity (Wildman–Crippen MR) is 94.0 cm³/mol. The number of rotatable bonds is 4. The van der Waals surface area contributed by atoms with Crippen LogP contribution in [0.25, 0.3) is 0 Å². The lowest BCUT2D eigenvalue weighted by Gasteiger charge is -2.28. The maximum atomic E-state index is 13.0. The van der Waals surface area contributed by atoms with Crippen molar-refractivity contribution in [1.82, 2.24) is 15.1 Å². The Balaban J connectivity index is 1.88. The van der Waals surface area contributed by atoms with Crippen molar-refractivity contribution >= 4 is 24.1 Å². The molecule has 0 bridgehead atoms. The van der Waals surface area contributed by atoms with Crippen LogP contribution in [0.3, 0.4) is 0 Å². The summed E-state index contributed by atoms with van der Waals surface area (Å²) in [5.41, 5.74) is 3.46. The van der Waals surface area contributed by atoms with E-state index in [1.807, 2.05) is 19.1 Å². The van der Waals surface area contributed by atoms with Gasteiger partial charge in [0.05, 0.1) is 0 Å². The number of fused-ring (bicyclic) bond motifs is 1. The van der Waals surface area contributed by atoms with Crippen LogP contribution >= 0.6 is 0 Å². The quantitative estimate of drug-likeness (QED) is 0.645. The smallest absolute Gasteiger partial charge is 0.261 e. The highest BCUT2D eigenvalue weighted by Crippen LogP contribution is 2.28. The molecule has 2 aliphatic heterocycles. The van der Waals surface area contributed by atoms with Gasteiger partial charge in [0, 0.05) is 31.1 Å². The van der Waals surface area contributed by atoms with Crippen LogP contribution in [0.4, 0.5) is 0 Å². The maximum Gasteiger partial charge on any atom is 0.261 e. The summed E-state index contributed by atoms with van der Waals surface area (Å²) in [6.07, 6.45) is 0.649. The van der Waals surface area contributed by atoms with Crippen LogP contribution in [0.5, 0.6) is 0 Å². The first-order chi connectivity index (χ1) is 12.3. The fourth-order valence-electron chi connectivity index (χ4n) is 3.55. The van der Waals surface area contributed by atoms with Gasteiger partial charge in [0.1, 0.15) is 6.04 Å². The van der Waals surface area contributed by atoms with Crippen LogP contribution in [0.15, 0.2) is 12.1 Å². The molecule has 0 saturated carbocycles. The third kappa shape index (κ3) is 3.26. The van der Waals surface area contributed by atoms with Crippen molar-refractivity contribution in [2.45, 2.75) is 58.8 Å². The molecule has 7 heteroatoms. The molecule has 1 atom stereocenters. The zero-order valence-corrected chi connectivity index (χ0v) is 15.2. The van der Waals surface area contributed by atoms with E-state index in [0.29, 0.717) is 18.0 Å². The van der Waals surface area contributed by atoms with Crippen molar-refractivity contribution in [1.29, 1.82) is 0 Å². The maximum absolute atomic E-state index is 13.0. The van der Waals surface area contributed by atoms with Crippen LogP contribution in [0.1, 0.15) is 53.7 Å². The Morgan fingerprint density at radius 1 is 1.27 bits per heavy atom. The molecular formula is C19H23N3O4. The monoisotopic (exact) mass is 357 g/mol. The SMILES string of the molecule is Cc1cc2c(cc1C(=O)N(C=O)C1CCC(=O)NC1=O)CN(C(C)C)C2. The number of carbonyl (C=O) groups is 4. The van der Waals surface area contributed by atoms with Crippen molar-refractivity contribution < 1.29 is 19.2 Å². The minimum absolute atomic E-state index is 0.112. The minimum atomic E-state index is -0.947. The largest absolute Gasteiger partial charge is 0.295 e. The molecule has 2 aliphatic rings. The highest BCUT2D eigenvalue weighted by Gasteiger charge is 2.35. The number of hydrogen-bond acceptors (Lipinski definition) is 5. The van der Waals surface area contributed by atoms with Crippen molar-refractivity contribution in [2.75, 3.05) is 0 Å². The second-order valence-electron chi connectivity index (χ2n) is 7.22. The Bertz CT molecular complexity index is 787. The van der Waals surface area contributed by atoms with Crippen molar-refractivity contribution in [3.8, 4) is 0 Å². The van der Waals surface area contributed by atoms with Gasteiger partial charge in [0.25, 0.3) is 5.91 Å². The Morgan fingerprint density at radius 2 is 1.92 bits per heavy atom. The number of benzene rings is 1. The molecule has 7 nitrogen and oxygen atoms in total. The van der Waals surface area contributed by atoms with Gasteiger partial charge >= 0.3 is 0 Å². The molecule has 26 heavy (non-hydrogen) atoms. The van der Waals surface area contributed by atoms with E-state index in [-0.39, 0.29) is 18.7 Å². The number of hydrogen-bond donors (Lipinski definition) is 1. The summed E-state index contributed by atoms with van der Waals surface area (Å²) in [4.78, 5) is 51.1. The lowest BCUT2D eigenvalue weighted by Crippen LogP contribution is -2.53. The molecule has 0 aromatic heterocycles. The average Bonchev–Trinajstić information content (AvgIpc) is 2.99. The second-order valence-corrected chi connectivity index (χ2v) is 7.22. The summed E-state index contributed by atoms with van der Waals surface area (Å²) in [6, 6.07) is 3.27. The molecule has 138 valence electrons. The number of aryl methyl sites for hydroxylation is 1. The zero-order valence-electron chi connectivity index (χ0n) is 15.2. The topological polar surface area (TPSA) is 86.8 Å². The van der Waals surface area contributed by atoms with E-state index in [9.17, 15) is 19.2 Å². The van der Waals surface area contributed by atoms with E-state index in [4.69, 9.17) is 0 Å². The summed E-state index contributed by atoms with van der Waals surface area (Å²) in [5, 5.41) is 2.19. The minimum Gasteiger partial charge on any atom is -0.295 e. The van der Waals surface area contributed by atoms with E-state index in [0.717, 1.165) is 29.1 Å². The Kier molecular flexibility index (Phi) is 4.91. The highest BCUT2D eigenvalue weighted by molar-refractivity contribution is 6.07. The van der Waals surface area contributed by atoms with Gasteiger partial charge in [0.15, 0.2) is 0 Å². The molecule has 1 saturated heterocycles. The molecule has 0 radical (unpaired) electrons. The van der Waals surface area contributed by atoms with Crippen molar-refractivity contribution in [2.24, 2.45) is 0 Å². The van der Waals surface area contributed by atoms with Gasteiger partial charge < -0.3 is 0 Å². The van der Waals surface area contributed by atoms with Crippen LogP contribution in [-0.4, -0.2) is 46.0 Å². The average molecular weight is 357 g/mol. The van der Waals surface area contributed by atoms with Gasteiger partial charge in [-0.1, -0.05) is 6.07 Å². The number of nitrogens with one attached hydrogen (secondary N) is 1. The van der Waals surface area contributed by atoms with Crippen LogP contribution in [-0.2, 0) is 27.5 Å². The third-order valence-corrected chi connectivity index (χ3v) is 5.15. The van der Waals surface area contributed by atoms with Crippen LogP contribution < -0.4 is 5.32 Å². The molecule has 0 aliphatic carbocycles. The number of amides is 4. The first-order valence-corrected chi connectivity index (χ1v) is 8.80. The Labute approximate surface area is 152 Å². The number of piperidine rings is 1. The van der Waals surface area contributed by atoms with Gasteiger partial charge in [-0.25, -0.2) is 0 Å². The standard InChI is InChI=1S/C19H23N3O4/c1-11(2)21-8-13-6-12(3)15(7-14(13)9-21)19(26)22(10-23)16-4-5-17(24)20-18(16)25/h6-7,10-11,16H,4-5,8-9H2,1-3H3,(H,20,24,25). The first kappa shape index (κ1) is 18.3. The molecule has 1 aromatic carbocycles. The summed E-state index contributed by atoms with van der Waals surface area (Å²) in [6.45, 7) is 7.68. The number of nitrogens with zero attached hydrogens (tertiary/aromatic N) is 2. The van der Waals surface area contributed by atoms with Gasteiger partial charge in [-0.05, 0) is 49.9 Å². The van der Waals surface area contributed by atoms with Crippen molar-refractivity contribution in [3.63, 3.8) is 0 Å². The second kappa shape index (κ2) is 6.99. The van der Waals surface area contributed by atoms with Gasteiger partial charge in [-0.2, -0.15) is 0 Å². The van der Waals surface area contributed by atoms with Crippen molar-refractivity contribution in [3.05, 3.63) is 34.4 Å². The van der Waals surface area contributed by atoms with E-state index >= 15 is 0 Å². The number of carbonyl (C=O) groups excluding carboxylic acids is 4. The lowest BCUT2D eigenvalue weighted by molar-refractivity contribution is -0.139. The summed E-state index contributed by atoms with van der Waals surface area (Å²) in [7, 11) is 0. The predicted octanol–water partition coefficient (Wildman–Crippen LogP) is 1.12. The lowest BCUT2D eigenvalue weighted by atomic mass is 9.98. The van der Waals surface area contributed by atoms with E-state index in [1.54, 1.807) is 0 Å². The zero-order chi connectivity index (χ0) is 19.0. The molecule has 1 fully saturated rings. The molecule has 0 spiro atoms. The van der Waals surface area contributed by atoms with Gasteiger partial charge in [-0.15, -0.1) is 0 Å². The Morgan fingerprint density at radius 3 is 2.50 bits per heavy atom. The highest BCUT2D eigenvalue weighted by atomic mass is 16.2. The van der Waals surface area contributed by atoms with Gasteiger partial charge in [0.2, 0.25) is 18.2 Å². The summed E-state index contributed by atoms with van der Waals surface area (Å²) in [5.74, 6) is -1.49. The van der Waals surface area contributed by atoms with Crippen LogP contribution in [0, 0.1) is 6.92 Å². The normalized spacial score (nSPS) is 20.1. The fourth-order valence-corrected chi connectivity index (χ4v) is 3.55. The molecular weight excluding hydrogens is 334 g/mol. The summed E-state index contributed by atoms with van der Waals surface area (Å²) < 4.78 is 0. The molecule has 1 aromatic rings. The molecule has 3 rings (SSSR count). The van der Waals surface area contributed by atoms with E-state index in [2.05, 4.69) is 24.1 Å². The fraction of sp³-hybridized carbons (Fsp3) is 0.474. The molecule has 1 unspecified atom stereocenters.